The minimum Gasteiger partial charge on any atom is -0.478 e. The summed E-state index contributed by atoms with van der Waals surface area (Å²) in [7, 11) is 0. The maximum atomic E-state index is 11.1. The third kappa shape index (κ3) is 2.54. The third-order valence-corrected chi connectivity index (χ3v) is 2.87. The van der Waals surface area contributed by atoms with E-state index in [2.05, 4.69) is 5.32 Å². The van der Waals surface area contributed by atoms with Crippen molar-refractivity contribution in [2.75, 3.05) is 6.54 Å². The summed E-state index contributed by atoms with van der Waals surface area (Å²) < 4.78 is 0. The molecule has 4 heteroatoms. The molecule has 3 nitrogen and oxygen atoms in total. The number of rotatable bonds is 2. The van der Waals surface area contributed by atoms with E-state index in [-0.39, 0.29) is 18.4 Å². The number of carboxylic acids is 1. The Labute approximate surface area is 101 Å². The number of hydrogen-bond donors (Lipinski definition) is 2. The first kappa shape index (κ1) is 13.0. The lowest BCUT2D eigenvalue weighted by Crippen LogP contribution is -2.16. The molecule has 0 saturated carbocycles. The van der Waals surface area contributed by atoms with Crippen LogP contribution < -0.4 is 5.32 Å². The Bertz CT molecular complexity index is 387. The Balaban J connectivity index is 0.00000128. The third-order valence-electron chi connectivity index (χ3n) is 2.87. The molecule has 1 aromatic rings. The maximum Gasteiger partial charge on any atom is 0.336 e. The number of halogens is 1. The first-order valence-corrected chi connectivity index (χ1v) is 5.25. The predicted molar refractivity (Wildman–Crippen MR) is 65.4 cm³/mol. The number of carbonyl (C=O) groups is 1. The fourth-order valence-corrected chi connectivity index (χ4v) is 2.11. The molecule has 0 radical (unpaired) electrons. The van der Waals surface area contributed by atoms with Gasteiger partial charge in [0.25, 0.3) is 0 Å². The fourth-order valence-electron chi connectivity index (χ4n) is 2.11. The van der Waals surface area contributed by atoms with Gasteiger partial charge in [-0.15, -0.1) is 12.4 Å². The molecule has 1 heterocycles. The van der Waals surface area contributed by atoms with E-state index in [0.717, 1.165) is 30.5 Å². The van der Waals surface area contributed by atoms with E-state index in [1.54, 1.807) is 6.07 Å². The molecule has 0 amide bonds. The molecule has 0 spiro atoms. The van der Waals surface area contributed by atoms with Crippen molar-refractivity contribution in [1.29, 1.82) is 0 Å². The van der Waals surface area contributed by atoms with Crippen molar-refractivity contribution >= 4 is 18.4 Å². The molecular weight excluding hydrogens is 226 g/mol. The van der Waals surface area contributed by atoms with Gasteiger partial charge in [0.15, 0.2) is 0 Å². The van der Waals surface area contributed by atoms with Crippen LogP contribution in [0.4, 0.5) is 0 Å². The Kier molecular flexibility index (Phi) is 4.33. The summed E-state index contributed by atoms with van der Waals surface area (Å²) in [5.41, 5.74) is 2.36. The van der Waals surface area contributed by atoms with Crippen molar-refractivity contribution in [2.24, 2.45) is 0 Å². The van der Waals surface area contributed by atoms with Gasteiger partial charge in [0.05, 0.1) is 5.56 Å². The Hall–Kier alpha value is -1.06. The van der Waals surface area contributed by atoms with Crippen LogP contribution in [0, 0.1) is 6.92 Å². The molecular formula is C12H16ClNO2. The van der Waals surface area contributed by atoms with Gasteiger partial charge in [0.2, 0.25) is 0 Å². The summed E-state index contributed by atoms with van der Waals surface area (Å²) in [6.45, 7) is 2.90. The second-order valence-corrected chi connectivity index (χ2v) is 4.04. The highest BCUT2D eigenvalue weighted by atomic mass is 35.5. The van der Waals surface area contributed by atoms with Crippen LogP contribution in [0.1, 0.15) is 40.4 Å². The van der Waals surface area contributed by atoms with Gasteiger partial charge < -0.3 is 10.4 Å². The lowest BCUT2D eigenvalue weighted by molar-refractivity contribution is 0.0695. The Morgan fingerprint density at radius 3 is 2.81 bits per heavy atom. The molecule has 1 fully saturated rings. The van der Waals surface area contributed by atoms with E-state index in [1.807, 2.05) is 19.1 Å². The van der Waals surface area contributed by atoms with Crippen molar-refractivity contribution in [3.8, 4) is 0 Å². The molecule has 2 N–H and O–H groups in total. The molecule has 0 aliphatic carbocycles. The first-order valence-electron chi connectivity index (χ1n) is 5.25. The molecule has 0 aromatic heterocycles. The molecule has 1 atom stereocenters. The highest BCUT2D eigenvalue weighted by Gasteiger charge is 2.21. The number of aromatic carboxylic acids is 1. The van der Waals surface area contributed by atoms with Gasteiger partial charge in [0, 0.05) is 6.04 Å². The van der Waals surface area contributed by atoms with E-state index in [9.17, 15) is 4.79 Å². The van der Waals surface area contributed by atoms with Gasteiger partial charge >= 0.3 is 5.97 Å². The van der Waals surface area contributed by atoms with Crippen LogP contribution in [-0.4, -0.2) is 17.6 Å². The maximum absolute atomic E-state index is 11.1. The summed E-state index contributed by atoms with van der Waals surface area (Å²) in [6, 6.07) is 5.87. The van der Waals surface area contributed by atoms with Crippen molar-refractivity contribution in [2.45, 2.75) is 25.8 Å². The van der Waals surface area contributed by atoms with E-state index in [1.165, 1.54) is 0 Å². The zero-order valence-corrected chi connectivity index (χ0v) is 10.0. The topological polar surface area (TPSA) is 49.3 Å². The van der Waals surface area contributed by atoms with Crippen molar-refractivity contribution in [1.82, 2.24) is 5.32 Å². The van der Waals surface area contributed by atoms with Crippen LogP contribution in [-0.2, 0) is 0 Å². The monoisotopic (exact) mass is 241 g/mol. The normalized spacial score (nSPS) is 19.2. The minimum absolute atomic E-state index is 0. The van der Waals surface area contributed by atoms with Crippen LogP contribution in [0.5, 0.6) is 0 Å². The molecule has 1 aromatic carbocycles. The van der Waals surface area contributed by atoms with Gasteiger partial charge in [-0.25, -0.2) is 4.79 Å². The van der Waals surface area contributed by atoms with Gasteiger partial charge in [0.1, 0.15) is 0 Å². The highest BCUT2D eigenvalue weighted by molar-refractivity contribution is 5.89. The van der Waals surface area contributed by atoms with Crippen LogP contribution in [0.3, 0.4) is 0 Å². The fraction of sp³-hybridized carbons (Fsp3) is 0.417. The first-order chi connectivity index (χ1) is 7.18. The standard InChI is InChI=1S/C12H15NO2.ClH/c1-8-4-5-9(10(7-8)12(14)15)11-3-2-6-13-11;/h4-5,7,11,13H,2-3,6H2,1H3,(H,14,15);1H/t11-;/m1./s1. The van der Waals surface area contributed by atoms with E-state index < -0.39 is 5.97 Å². The largest absolute Gasteiger partial charge is 0.478 e. The number of hydrogen-bond acceptors (Lipinski definition) is 2. The van der Waals surface area contributed by atoms with E-state index in [0.29, 0.717) is 5.56 Å². The number of aryl methyl sites for hydroxylation is 1. The minimum atomic E-state index is -0.831. The number of benzene rings is 1. The Morgan fingerprint density at radius 1 is 1.50 bits per heavy atom. The molecule has 1 saturated heterocycles. The van der Waals surface area contributed by atoms with Crippen molar-refractivity contribution in [3.05, 3.63) is 34.9 Å². The van der Waals surface area contributed by atoms with Crippen LogP contribution in [0.25, 0.3) is 0 Å². The summed E-state index contributed by atoms with van der Waals surface area (Å²) >= 11 is 0. The van der Waals surface area contributed by atoms with Gasteiger partial charge in [-0.1, -0.05) is 17.7 Å². The smallest absolute Gasteiger partial charge is 0.336 e. The second kappa shape index (κ2) is 5.32. The average molecular weight is 242 g/mol. The van der Waals surface area contributed by atoms with Crippen LogP contribution >= 0.6 is 12.4 Å². The molecule has 1 aliphatic heterocycles. The lowest BCUT2D eigenvalue weighted by atomic mass is 9.97. The predicted octanol–water partition coefficient (Wildman–Crippen LogP) is 2.54. The van der Waals surface area contributed by atoms with E-state index >= 15 is 0 Å². The van der Waals surface area contributed by atoms with Gasteiger partial charge in [-0.2, -0.15) is 0 Å². The lowest BCUT2D eigenvalue weighted by Gasteiger charge is -2.14. The van der Waals surface area contributed by atoms with Crippen molar-refractivity contribution in [3.63, 3.8) is 0 Å². The van der Waals surface area contributed by atoms with E-state index in [4.69, 9.17) is 5.11 Å². The summed E-state index contributed by atoms with van der Waals surface area (Å²) in [5.74, 6) is -0.831. The summed E-state index contributed by atoms with van der Waals surface area (Å²) in [5, 5.41) is 12.4. The van der Waals surface area contributed by atoms with Crippen LogP contribution in [0.15, 0.2) is 18.2 Å². The van der Waals surface area contributed by atoms with Crippen molar-refractivity contribution < 1.29 is 9.90 Å². The average Bonchev–Trinajstić information content (AvgIpc) is 2.70. The number of carboxylic acid groups (broad SMARTS) is 1. The molecule has 16 heavy (non-hydrogen) atoms. The zero-order chi connectivity index (χ0) is 10.8. The quantitative estimate of drug-likeness (QED) is 0.837. The van der Waals surface area contributed by atoms with Crippen LogP contribution in [0.2, 0.25) is 0 Å². The molecule has 0 unspecified atom stereocenters. The zero-order valence-electron chi connectivity index (χ0n) is 9.19. The second-order valence-electron chi connectivity index (χ2n) is 4.04. The van der Waals surface area contributed by atoms with Gasteiger partial charge in [-0.3, -0.25) is 0 Å². The molecule has 1 aliphatic rings. The summed E-state index contributed by atoms with van der Waals surface area (Å²) in [6.07, 6.45) is 2.15. The number of nitrogens with one attached hydrogen (secondary N) is 1. The molecule has 2 rings (SSSR count). The van der Waals surface area contributed by atoms with Gasteiger partial charge in [-0.05, 0) is 37.9 Å². The highest BCUT2D eigenvalue weighted by Crippen LogP contribution is 2.26. The Morgan fingerprint density at radius 2 is 2.25 bits per heavy atom. The summed E-state index contributed by atoms with van der Waals surface area (Å²) in [4.78, 5) is 11.1. The molecule has 88 valence electrons. The SMILES string of the molecule is Cc1ccc([C@H]2CCCN2)c(C(=O)O)c1.Cl. The molecule has 0 bridgehead atoms.